The van der Waals surface area contributed by atoms with Crippen LogP contribution in [0.25, 0.3) is 22.2 Å². The van der Waals surface area contributed by atoms with Gasteiger partial charge in [-0.15, -0.1) is 0 Å². The molecule has 3 aromatic rings. The van der Waals surface area contributed by atoms with Crippen LogP contribution in [0.15, 0.2) is 49.2 Å². The summed E-state index contributed by atoms with van der Waals surface area (Å²) in [6, 6.07) is 10.0. The van der Waals surface area contributed by atoms with Crippen molar-refractivity contribution in [3.63, 3.8) is 0 Å². The van der Waals surface area contributed by atoms with Crippen LogP contribution in [0.3, 0.4) is 0 Å². The molecule has 96 valence electrons. The van der Waals surface area contributed by atoms with Crippen molar-refractivity contribution in [2.24, 2.45) is 0 Å². The predicted octanol–water partition coefficient (Wildman–Crippen LogP) is 5.14. The van der Waals surface area contributed by atoms with Crippen LogP contribution >= 0.6 is 43.6 Å². The van der Waals surface area contributed by atoms with Crippen molar-refractivity contribution in [2.75, 3.05) is 6.26 Å². The largest absolute Gasteiger partial charge is 0.430 e. The number of hydrogen-bond acceptors (Lipinski definition) is 4. The van der Waals surface area contributed by atoms with Crippen LogP contribution in [-0.2, 0) is 0 Å². The molecule has 3 rings (SSSR count). The van der Waals surface area contributed by atoms with Gasteiger partial charge >= 0.3 is 0 Å². The topological polar surface area (TPSA) is 38.9 Å². The van der Waals surface area contributed by atoms with E-state index in [0.29, 0.717) is 15.5 Å². The highest BCUT2D eigenvalue weighted by Crippen LogP contribution is 2.40. The Morgan fingerprint density at radius 1 is 1.11 bits per heavy atom. The smallest absolute Gasteiger partial charge is 0.233 e. The van der Waals surface area contributed by atoms with Crippen LogP contribution in [0.2, 0.25) is 0 Å². The van der Waals surface area contributed by atoms with Crippen LogP contribution in [0, 0.1) is 0 Å². The van der Waals surface area contributed by atoms with Gasteiger partial charge in [0.05, 0.1) is 5.39 Å². The van der Waals surface area contributed by atoms with Crippen molar-refractivity contribution in [2.45, 2.75) is 5.16 Å². The number of rotatable bonds is 2. The molecule has 0 saturated carbocycles. The first-order valence-corrected chi connectivity index (χ1v) is 8.26. The first-order chi connectivity index (χ1) is 9.20. The van der Waals surface area contributed by atoms with E-state index in [4.69, 9.17) is 4.42 Å². The van der Waals surface area contributed by atoms with Gasteiger partial charge in [-0.3, -0.25) is 0 Å². The Morgan fingerprint density at radius 2 is 1.84 bits per heavy atom. The third kappa shape index (κ3) is 2.32. The first kappa shape index (κ1) is 13.1. The van der Waals surface area contributed by atoms with Crippen LogP contribution < -0.4 is 0 Å². The fourth-order valence-electron chi connectivity index (χ4n) is 1.87. The number of fused-ring (bicyclic) bond motifs is 1. The molecule has 2 aromatic heterocycles. The molecular formula is C13H8Br2N2OS. The van der Waals surface area contributed by atoms with E-state index < -0.39 is 0 Å². The minimum absolute atomic E-state index is 0.581. The van der Waals surface area contributed by atoms with E-state index >= 15 is 0 Å². The van der Waals surface area contributed by atoms with E-state index in [1.54, 1.807) is 0 Å². The summed E-state index contributed by atoms with van der Waals surface area (Å²) in [5.41, 5.74) is 2.61. The molecule has 0 spiro atoms. The number of nitrogens with zero attached hydrogens (tertiary/aromatic N) is 2. The molecule has 0 unspecified atom stereocenters. The lowest BCUT2D eigenvalue weighted by atomic mass is 10.1. The summed E-state index contributed by atoms with van der Waals surface area (Å²) in [5, 5.41) is 1.57. The van der Waals surface area contributed by atoms with Crippen LogP contribution in [0.5, 0.6) is 0 Å². The average Bonchev–Trinajstić information content (AvgIpc) is 2.76. The molecular weight excluding hydrogens is 392 g/mol. The first-order valence-electron chi connectivity index (χ1n) is 5.45. The van der Waals surface area contributed by atoms with Gasteiger partial charge in [-0.05, 0) is 43.7 Å². The number of hydrogen-bond donors (Lipinski definition) is 0. The van der Waals surface area contributed by atoms with E-state index in [2.05, 4.69) is 41.8 Å². The van der Waals surface area contributed by atoms with Gasteiger partial charge < -0.3 is 4.42 Å². The fourth-order valence-corrected chi connectivity index (χ4v) is 3.46. The van der Waals surface area contributed by atoms with Gasteiger partial charge in [-0.2, -0.15) is 4.98 Å². The Bertz CT molecular complexity index is 743. The van der Waals surface area contributed by atoms with E-state index in [-0.39, 0.29) is 0 Å². The van der Waals surface area contributed by atoms with E-state index in [1.807, 2.05) is 36.6 Å². The summed E-state index contributed by atoms with van der Waals surface area (Å²) in [6.07, 6.45) is 1.93. The second kappa shape index (κ2) is 5.26. The quantitative estimate of drug-likeness (QED) is 0.340. The molecule has 0 saturated heterocycles. The highest BCUT2D eigenvalue weighted by Gasteiger charge is 2.19. The SMILES string of the molecule is CSc1nc(Br)c2c(-c3ccccc3)c(Br)oc2n1. The minimum Gasteiger partial charge on any atom is -0.430 e. The van der Waals surface area contributed by atoms with Gasteiger partial charge in [0.15, 0.2) is 9.83 Å². The molecule has 1 aromatic carbocycles. The van der Waals surface area contributed by atoms with Crippen molar-refractivity contribution in [1.29, 1.82) is 0 Å². The van der Waals surface area contributed by atoms with Crippen molar-refractivity contribution in [3.8, 4) is 11.1 Å². The van der Waals surface area contributed by atoms with Crippen LogP contribution in [-0.4, -0.2) is 16.2 Å². The number of thioether (sulfide) groups is 1. The number of furan rings is 1. The minimum atomic E-state index is 0.581. The van der Waals surface area contributed by atoms with Crippen LogP contribution in [0.4, 0.5) is 0 Å². The zero-order valence-corrected chi connectivity index (χ0v) is 13.8. The molecule has 0 radical (unpaired) electrons. The average molecular weight is 400 g/mol. The summed E-state index contributed by atoms with van der Waals surface area (Å²) in [7, 11) is 0. The predicted molar refractivity (Wildman–Crippen MR) is 84.4 cm³/mol. The maximum Gasteiger partial charge on any atom is 0.233 e. The van der Waals surface area contributed by atoms with Crippen LogP contribution in [0.1, 0.15) is 0 Å². The molecule has 0 atom stereocenters. The molecule has 3 nitrogen and oxygen atoms in total. The highest BCUT2D eigenvalue weighted by atomic mass is 79.9. The van der Waals surface area contributed by atoms with Gasteiger partial charge in [0, 0.05) is 5.56 Å². The molecule has 0 fully saturated rings. The monoisotopic (exact) mass is 398 g/mol. The molecule has 2 heterocycles. The van der Waals surface area contributed by atoms with Crippen molar-refractivity contribution in [3.05, 3.63) is 39.6 Å². The number of benzene rings is 1. The summed E-state index contributed by atoms with van der Waals surface area (Å²) >= 11 is 8.45. The Hall–Kier alpha value is -0.850. The fraction of sp³-hybridized carbons (Fsp3) is 0.0769. The highest BCUT2D eigenvalue weighted by molar-refractivity contribution is 9.11. The second-order valence-electron chi connectivity index (χ2n) is 3.80. The van der Waals surface area contributed by atoms with Gasteiger partial charge in [0.25, 0.3) is 0 Å². The van der Waals surface area contributed by atoms with Crippen molar-refractivity contribution >= 4 is 54.7 Å². The second-order valence-corrected chi connectivity index (χ2v) is 6.04. The van der Waals surface area contributed by atoms with Gasteiger partial charge in [0.2, 0.25) is 5.71 Å². The molecule has 19 heavy (non-hydrogen) atoms. The molecule has 0 aliphatic rings. The Kier molecular flexibility index (Phi) is 3.64. The van der Waals surface area contributed by atoms with E-state index in [1.165, 1.54) is 11.8 Å². The van der Waals surface area contributed by atoms with Gasteiger partial charge in [-0.25, -0.2) is 4.98 Å². The maximum absolute atomic E-state index is 5.70. The zero-order valence-electron chi connectivity index (χ0n) is 9.85. The summed E-state index contributed by atoms with van der Waals surface area (Å²) in [4.78, 5) is 8.79. The summed E-state index contributed by atoms with van der Waals surface area (Å²) in [5.74, 6) is 0. The molecule has 6 heteroatoms. The third-order valence-electron chi connectivity index (χ3n) is 2.69. The maximum atomic E-state index is 5.70. The Balaban J connectivity index is 2.34. The lowest BCUT2D eigenvalue weighted by Gasteiger charge is -2.01. The zero-order chi connectivity index (χ0) is 13.4. The normalized spacial score (nSPS) is 11.1. The summed E-state index contributed by atoms with van der Waals surface area (Å²) < 4.78 is 7.11. The van der Waals surface area contributed by atoms with Gasteiger partial charge in [-0.1, -0.05) is 42.1 Å². The molecule has 0 bridgehead atoms. The van der Waals surface area contributed by atoms with Crippen molar-refractivity contribution in [1.82, 2.24) is 9.97 Å². The Labute approximate surface area is 131 Å². The lowest BCUT2D eigenvalue weighted by molar-refractivity contribution is 0.571. The number of aromatic nitrogens is 2. The number of halogens is 2. The molecule has 0 aliphatic carbocycles. The van der Waals surface area contributed by atoms with E-state index in [0.717, 1.165) is 21.1 Å². The lowest BCUT2D eigenvalue weighted by Crippen LogP contribution is -1.88. The molecule has 0 amide bonds. The third-order valence-corrected chi connectivity index (χ3v) is 4.37. The summed E-state index contributed by atoms with van der Waals surface area (Å²) in [6.45, 7) is 0. The molecule has 0 aliphatic heterocycles. The molecule has 0 N–H and O–H groups in total. The van der Waals surface area contributed by atoms with E-state index in [9.17, 15) is 0 Å². The Morgan fingerprint density at radius 3 is 2.53 bits per heavy atom. The van der Waals surface area contributed by atoms with Crippen molar-refractivity contribution < 1.29 is 4.42 Å². The standard InChI is InChI=1S/C13H8Br2N2OS/c1-19-13-16-10(14)9-8(7-5-3-2-4-6-7)11(15)18-12(9)17-13/h2-6H,1H3. The van der Waals surface area contributed by atoms with Gasteiger partial charge in [0.1, 0.15) is 4.60 Å².